The van der Waals surface area contributed by atoms with E-state index in [1.54, 1.807) is 12.3 Å². The second kappa shape index (κ2) is 7.18. The Morgan fingerprint density at radius 2 is 1.85 bits per heavy atom. The first kappa shape index (κ1) is 19.7. The van der Waals surface area contributed by atoms with Crippen LogP contribution in [0, 0.1) is 12.7 Å². The fourth-order valence-corrected chi connectivity index (χ4v) is 3.69. The van der Waals surface area contributed by atoms with Crippen LogP contribution in [0.15, 0.2) is 41.9 Å². The topological polar surface area (TPSA) is 51.8 Å². The molecular formula is C18H14ClF4N3S. The number of rotatable bonds is 4. The molecular weight excluding hydrogens is 402 g/mol. The van der Waals surface area contributed by atoms with Crippen LogP contribution in [0.5, 0.6) is 0 Å². The van der Waals surface area contributed by atoms with Gasteiger partial charge in [0.2, 0.25) is 0 Å². The molecule has 3 aromatic rings. The zero-order valence-electron chi connectivity index (χ0n) is 14.0. The van der Waals surface area contributed by atoms with Crippen molar-refractivity contribution in [2.45, 2.75) is 25.1 Å². The third kappa shape index (κ3) is 4.28. The van der Waals surface area contributed by atoms with Gasteiger partial charge in [-0.2, -0.15) is 13.2 Å². The normalized spacial score (nSPS) is 14.2. The van der Waals surface area contributed by atoms with Crippen LogP contribution in [0.3, 0.4) is 0 Å². The first-order valence-corrected chi connectivity index (χ1v) is 9.04. The molecule has 0 saturated heterocycles. The average molecular weight is 416 g/mol. The van der Waals surface area contributed by atoms with Crippen LogP contribution in [-0.4, -0.2) is 9.97 Å². The highest BCUT2D eigenvalue weighted by Gasteiger charge is 2.37. The zero-order valence-corrected chi connectivity index (χ0v) is 15.6. The monoisotopic (exact) mass is 415 g/mol. The molecule has 0 saturated carbocycles. The van der Waals surface area contributed by atoms with E-state index in [-0.39, 0.29) is 17.7 Å². The van der Waals surface area contributed by atoms with E-state index < -0.39 is 23.1 Å². The Morgan fingerprint density at radius 1 is 1.15 bits per heavy atom. The number of hydrogen-bond acceptors (Lipinski definition) is 4. The van der Waals surface area contributed by atoms with Crippen molar-refractivity contribution in [2.75, 3.05) is 0 Å². The molecule has 0 aliphatic carbocycles. The van der Waals surface area contributed by atoms with Crippen molar-refractivity contribution in [1.82, 2.24) is 9.97 Å². The largest absolute Gasteiger partial charge is 0.416 e. The summed E-state index contributed by atoms with van der Waals surface area (Å²) >= 11 is 7.18. The van der Waals surface area contributed by atoms with Gasteiger partial charge in [-0.1, -0.05) is 11.6 Å². The van der Waals surface area contributed by atoms with E-state index in [1.165, 1.54) is 29.7 Å². The molecule has 0 fully saturated rings. The Balaban J connectivity index is 2.17. The molecule has 27 heavy (non-hydrogen) atoms. The van der Waals surface area contributed by atoms with Crippen molar-refractivity contribution in [3.05, 3.63) is 80.3 Å². The highest BCUT2D eigenvalue weighted by Crippen LogP contribution is 2.36. The van der Waals surface area contributed by atoms with E-state index in [9.17, 15) is 17.6 Å². The summed E-state index contributed by atoms with van der Waals surface area (Å²) < 4.78 is 53.5. The third-order valence-corrected chi connectivity index (χ3v) is 5.21. The Labute approximate surface area is 161 Å². The fraction of sp³-hybridized carbons (Fsp3) is 0.222. The first-order valence-electron chi connectivity index (χ1n) is 7.78. The Bertz CT molecular complexity index is 956. The number of aromatic nitrogens is 2. The maximum absolute atomic E-state index is 14.0. The highest BCUT2D eigenvalue weighted by atomic mass is 35.5. The molecule has 0 amide bonds. The van der Waals surface area contributed by atoms with Crippen molar-refractivity contribution in [3.63, 3.8) is 0 Å². The van der Waals surface area contributed by atoms with Gasteiger partial charge < -0.3 is 5.73 Å². The standard InChI is InChI=1S/C18H14ClF4N3S/c1-10-9-27-16(26-10)7-17(24,15-3-2-13(19)8-25-15)11-4-12(18(21,22)23)6-14(20)5-11/h2-6,8-9H,7,24H2,1H3/t17-/m0/s1. The van der Waals surface area contributed by atoms with E-state index in [4.69, 9.17) is 17.3 Å². The van der Waals surface area contributed by atoms with Crippen molar-refractivity contribution in [3.8, 4) is 0 Å². The smallest absolute Gasteiger partial charge is 0.316 e. The van der Waals surface area contributed by atoms with Gasteiger partial charge >= 0.3 is 6.18 Å². The number of aryl methyl sites for hydroxylation is 1. The fourth-order valence-electron chi connectivity index (χ4n) is 2.71. The van der Waals surface area contributed by atoms with Gasteiger partial charge in [-0.25, -0.2) is 9.37 Å². The Morgan fingerprint density at radius 3 is 2.41 bits per heavy atom. The summed E-state index contributed by atoms with van der Waals surface area (Å²) in [6, 6.07) is 5.32. The summed E-state index contributed by atoms with van der Waals surface area (Å²) in [7, 11) is 0. The second-order valence-corrected chi connectivity index (χ2v) is 7.50. The van der Waals surface area contributed by atoms with Crippen molar-refractivity contribution < 1.29 is 17.6 Å². The SMILES string of the molecule is Cc1csc(C[C@](N)(c2cc(F)cc(C(F)(F)F)c2)c2ccc(Cl)cn2)n1. The minimum absolute atomic E-state index is 0.0440. The summed E-state index contributed by atoms with van der Waals surface area (Å²) in [5.41, 5.74) is 4.89. The molecule has 0 aliphatic rings. The molecule has 3 nitrogen and oxygen atoms in total. The van der Waals surface area contributed by atoms with Gasteiger partial charge in [0.05, 0.1) is 26.8 Å². The summed E-state index contributed by atoms with van der Waals surface area (Å²) in [5.74, 6) is -1.03. The van der Waals surface area contributed by atoms with E-state index in [0.29, 0.717) is 16.1 Å². The van der Waals surface area contributed by atoms with Gasteiger partial charge in [-0.3, -0.25) is 4.98 Å². The molecule has 1 aromatic carbocycles. The van der Waals surface area contributed by atoms with Crippen LogP contribution >= 0.6 is 22.9 Å². The lowest BCUT2D eigenvalue weighted by molar-refractivity contribution is -0.137. The maximum atomic E-state index is 14.0. The molecule has 0 radical (unpaired) electrons. The van der Waals surface area contributed by atoms with Crippen LogP contribution in [0.4, 0.5) is 17.6 Å². The lowest BCUT2D eigenvalue weighted by Gasteiger charge is -2.29. The Hall–Kier alpha value is -2.03. The number of halogens is 5. The summed E-state index contributed by atoms with van der Waals surface area (Å²) in [5, 5.41) is 2.75. The lowest BCUT2D eigenvalue weighted by Crippen LogP contribution is -2.41. The van der Waals surface area contributed by atoms with Gasteiger partial charge in [0.1, 0.15) is 5.82 Å². The van der Waals surface area contributed by atoms with Gasteiger partial charge in [0, 0.05) is 23.7 Å². The van der Waals surface area contributed by atoms with Crippen molar-refractivity contribution >= 4 is 22.9 Å². The quantitative estimate of drug-likeness (QED) is 0.603. The van der Waals surface area contributed by atoms with Crippen LogP contribution in [0.2, 0.25) is 5.02 Å². The number of nitrogens with two attached hydrogens (primary N) is 1. The Kier molecular flexibility index (Phi) is 5.24. The maximum Gasteiger partial charge on any atom is 0.416 e. The van der Waals surface area contributed by atoms with Crippen LogP contribution in [0.25, 0.3) is 0 Å². The molecule has 0 spiro atoms. The molecule has 1 atom stereocenters. The number of thiazole rings is 1. The predicted molar refractivity (Wildman–Crippen MR) is 96.2 cm³/mol. The van der Waals surface area contributed by atoms with E-state index in [1.807, 2.05) is 0 Å². The molecule has 142 valence electrons. The number of nitrogens with zero attached hydrogens (tertiary/aromatic N) is 2. The highest BCUT2D eigenvalue weighted by molar-refractivity contribution is 7.09. The molecule has 3 rings (SSSR count). The molecule has 2 N–H and O–H groups in total. The number of hydrogen-bond donors (Lipinski definition) is 1. The zero-order chi connectivity index (χ0) is 19.8. The second-order valence-electron chi connectivity index (χ2n) is 6.12. The van der Waals surface area contributed by atoms with E-state index in [0.717, 1.165) is 17.8 Å². The molecule has 0 unspecified atom stereocenters. The average Bonchev–Trinajstić information content (AvgIpc) is 2.98. The van der Waals surface area contributed by atoms with E-state index in [2.05, 4.69) is 9.97 Å². The van der Waals surface area contributed by atoms with Crippen molar-refractivity contribution in [1.29, 1.82) is 0 Å². The van der Waals surface area contributed by atoms with Gasteiger partial charge in [0.15, 0.2) is 0 Å². The predicted octanol–water partition coefficient (Wildman–Crippen LogP) is 5.10. The van der Waals surface area contributed by atoms with Crippen LogP contribution in [-0.2, 0) is 18.1 Å². The minimum atomic E-state index is -4.71. The summed E-state index contributed by atoms with van der Waals surface area (Å²) in [6.07, 6.45) is -3.31. The molecule has 2 aromatic heterocycles. The van der Waals surface area contributed by atoms with Crippen LogP contribution < -0.4 is 5.73 Å². The number of pyridine rings is 1. The van der Waals surface area contributed by atoms with E-state index >= 15 is 0 Å². The lowest BCUT2D eigenvalue weighted by atomic mass is 9.83. The molecule has 2 heterocycles. The minimum Gasteiger partial charge on any atom is -0.316 e. The summed E-state index contributed by atoms with van der Waals surface area (Å²) in [4.78, 5) is 8.49. The summed E-state index contributed by atoms with van der Waals surface area (Å²) in [6.45, 7) is 1.79. The number of benzene rings is 1. The molecule has 0 bridgehead atoms. The van der Waals surface area contributed by atoms with Gasteiger partial charge in [-0.05, 0) is 42.8 Å². The van der Waals surface area contributed by atoms with Gasteiger partial charge in [-0.15, -0.1) is 11.3 Å². The first-order chi connectivity index (χ1) is 12.6. The third-order valence-electron chi connectivity index (χ3n) is 4.02. The van der Waals surface area contributed by atoms with Crippen LogP contribution in [0.1, 0.15) is 27.5 Å². The number of alkyl halides is 3. The van der Waals surface area contributed by atoms with Crippen molar-refractivity contribution in [2.24, 2.45) is 5.73 Å². The molecule has 9 heteroatoms. The molecule has 0 aliphatic heterocycles. The van der Waals surface area contributed by atoms with Gasteiger partial charge in [0.25, 0.3) is 0 Å².